The second-order valence-electron chi connectivity index (χ2n) is 7.09. The number of aromatic nitrogens is 4. The molecule has 0 radical (unpaired) electrons. The first-order chi connectivity index (χ1) is 14.0. The summed E-state index contributed by atoms with van der Waals surface area (Å²) in [6, 6.07) is 7.30. The molecule has 0 aliphatic heterocycles. The Morgan fingerprint density at radius 2 is 1.97 bits per heavy atom. The van der Waals surface area contributed by atoms with Gasteiger partial charge in [-0.1, -0.05) is 23.9 Å². The maximum absolute atomic E-state index is 12.8. The van der Waals surface area contributed by atoms with Gasteiger partial charge in [0.15, 0.2) is 0 Å². The molecule has 8 nitrogen and oxygen atoms in total. The number of aryl methyl sites for hydroxylation is 2. The zero-order valence-corrected chi connectivity index (χ0v) is 17.3. The summed E-state index contributed by atoms with van der Waals surface area (Å²) in [7, 11) is 0. The molecule has 1 fully saturated rings. The minimum Gasteiger partial charge on any atom is -0.349 e. The lowest BCUT2D eigenvalue weighted by atomic mass is 10.1. The van der Waals surface area contributed by atoms with Crippen molar-refractivity contribution in [3.05, 3.63) is 46.8 Å². The van der Waals surface area contributed by atoms with Crippen molar-refractivity contribution in [2.24, 2.45) is 0 Å². The van der Waals surface area contributed by atoms with Crippen molar-refractivity contribution in [1.82, 2.24) is 24.9 Å². The minimum absolute atomic E-state index is 0.133. The Balaban J connectivity index is 1.55. The van der Waals surface area contributed by atoms with E-state index in [2.05, 4.69) is 25.7 Å². The normalized spacial score (nSPS) is 13.5. The molecule has 2 aromatic heterocycles. The summed E-state index contributed by atoms with van der Waals surface area (Å²) < 4.78 is 1.67. The van der Waals surface area contributed by atoms with Crippen molar-refractivity contribution in [1.29, 1.82) is 0 Å². The second kappa shape index (κ2) is 7.82. The van der Waals surface area contributed by atoms with E-state index in [9.17, 15) is 9.59 Å². The summed E-state index contributed by atoms with van der Waals surface area (Å²) in [4.78, 5) is 34.1. The van der Waals surface area contributed by atoms with Gasteiger partial charge in [0, 0.05) is 23.0 Å². The molecule has 1 aliphatic rings. The minimum atomic E-state index is -0.214. The largest absolute Gasteiger partial charge is 0.349 e. The van der Waals surface area contributed by atoms with Crippen LogP contribution in [0.1, 0.15) is 40.2 Å². The topological polar surface area (TPSA) is 101 Å². The molecule has 4 rings (SSSR count). The van der Waals surface area contributed by atoms with Gasteiger partial charge in [0.1, 0.15) is 0 Å². The number of anilines is 1. The summed E-state index contributed by atoms with van der Waals surface area (Å²) in [6.45, 7) is 3.76. The Morgan fingerprint density at radius 1 is 1.21 bits per heavy atom. The molecule has 0 saturated heterocycles. The summed E-state index contributed by atoms with van der Waals surface area (Å²) in [5.41, 5.74) is 3.34. The predicted molar refractivity (Wildman–Crippen MR) is 111 cm³/mol. The lowest BCUT2D eigenvalue weighted by Gasteiger charge is -2.13. The van der Waals surface area contributed by atoms with Crippen LogP contribution in [0.25, 0.3) is 5.78 Å². The number of para-hydroxylation sites is 1. The molecule has 2 N–H and O–H groups in total. The average Bonchev–Trinajstić information content (AvgIpc) is 3.41. The van der Waals surface area contributed by atoms with Gasteiger partial charge in [-0.15, -0.1) is 5.10 Å². The van der Waals surface area contributed by atoms with E-state index < -0.39 is 0 Å². The zero-order chi connectivity index (χ0) is 20.5. The fourth-order valence-corrected chi connectivity index (χ4v) is 3.50. The van der Waals surface area contributed by atoms with Crippen LogP contribution in [0.3, 0.4) is 0 Å². The van der Waals surface area contributed by atoms with Crippen LogP contribution < -0.4 is 10.6 Å². The summed E-state index contributed by atoms with van der Waals surface area (Å²) >= 11 is 1.44. The van der Waals surface area contributed by atoms with Crippen molar-refractivity contribution in [3.8, 4) is 0 Å². The highest BCUT2D eigenvalue weighted by atomic mass is 32.2. The number of hydrogen-bond acceptors (Lipinski definition) is 6. The van der Waals surface area contributed by atoms with E-state index in [-0.39, 0.29) is 24.3 Å². The maximum Gasteiger partial charge on any atom is 0.253 e. The molecular formula is C20H22N6O2S. The van der Waals surface area contributed by atoms with E-state index in [0.717, 1.165) is 29.8 Å². The number of carbonyl (C=O) groups excluding carboxylic acids is 2. The highest BCUT2D eigenvalue weighted by Gasteiger charge is 2.25. The summed E-state index contributed by atoms with van der Waals surface area (Å²) in [5, 5.41) is 10.9. The van der Waals surface area contributed by atoms with Crippen LogP contribution in [0, 0.1) is 13.8 Å². The Kier molecular flexibility index (Phi) is 5.23. The van der Waals surface area contributed by atoms with Gasteiger partial charge in [0.2, 0.25) is 11.1 Å². The number of amides is 2. The van der Waals surface area contributed by atoms with E-state index in [1.807, 2.05) is 20.1 Å². The zero-order valence-electron chi connectivity index (χ0n) is 16.5. The molecule has 1 saturated carbocycles. The first kappa shape index (κ1) is 19.4. The highest BCUT2D eigenvalue weighted by molar-refractivity contribution is 7.98. The molecule has 0 unspecified atom stereocenters. The molecule has 2 amide bonds. The van der Waals surface area contributed by atoms with Crippen molar-refractivity contribution in [3.63, 3.8) is 0 Å². The van der Waals surface area contributed by atoms with Crippen LogP contribution in [0.4, 0.5) is 5.69 Å². The van der Waals surface area contributed by atoms with Crippen LogP contribution in [0.2, 0.25) is 0 Å². The van der Waals surface area contributed by atoms with Crippen molar-refractivity contribution in [2.75, 3.05) is 11.6 Å². The first-order valence-electron chi connectivity index (χ1n) is 9.43. The van der Waals surface area contributed by atoms with Gasteiger partial charge in [-0.3, -0.25) is 9.59 Å². The number of carbonyl (C=O) groups is 2. The lowest BCUT2D eigenvalue weighted by molar-refractivity contribution is -0.115. The van der Waals surface area contributed by atoms with Gasteiger partial charge in [-0.2, -0.15) is 4.98 Å². The monoisotopic (exact) mass is 410 g/mol. The Hall–Kier alpha value is -2.94. The van der Waals surface area contributed by atoms with Crippen molar-refractivity contribution >= 4 is 35.0 Å². The van der Waals surface area contributed by atoms with Gasteiger partial charge < -0.3 is 10.6 Å². The first-order valence-corrected chi connectivity index (χ1v) is 10.7. The van der Waals surface area contributed by atoms with Crippen LogP contribution in [0.15, 0.2) is 29.4 Å². The molecule has 0 spiro atoms. The third-order valence-electron chi connectivity index (χ3n) is 4.91. The maximum atomic E-state index is 12.8. The van der Waals surface area contributed by atoms with E-state index in [1.165, 1.54) is 11.8 Å². The molecule has 0 bridgehead atoms. The number of benzene rings is 1. The number of nitrogens with one attached hydrogen (secondary N) is 2. The molecule has 150 valence electrons. The third-order valence-corrected chi connectivity index (χ3v) is 5.45. The van der Waals surface area contributed by atoms with Crippen molar-refractivity contribution in [2.45, 2.75) is 44.3 Å². The number of nitrogens with zero attached hydrogens (tertiary/aromatic N) is 4. The smallest absolute Gasteiger partial charge is 0.253 e. The number of fused-ring (bicyclic) bond motifs is 1. The molecule has 0 atom stereocenters. The Labute approximate surface area is 172 Å². The van der Waals surface area contributed by atoms with E-state index in [4.69, 9.17) is 0 Å². The molecule has 1 aliphatic carbocycles. The van der Waals surface area contributed by atoms with Crippen LogP contribution in [-0.2, 0) is 11.2 Å². The van der Waals surface area contributed by atoms with Crippen LogP contribution in [-0.4, -0.2) is 43.7 Å². The summed E-state index contributed by atoms with van der Waals surface area (Å²) in [5.74, 6) is 0.149. The SMILES string of the molecule is CSc1nc2nc(C)c(CC(=O)Nc3ccccc3C(=O)NC3CC3)c(C)n2n1. The standard InChI is InChI=1S/C20H22N6O2S/c1-11-15(12(2)26-19(21-11)24-20(25-26)29-3)10-17(27)23-16-7-5-4-6-14(16)18(28)22-13-8-9-13/h4-7,13H,8-10H2,1-3H3,(H,22,28)(H,23,27). The van der Waals surface area contributed by atoms with E-state index in [1.54, 1.807) is 28.8 Å². The van der Waals surface area contributed by atoms with Gasteiger partial charge in [-0.05, 0) is 45.1 Å². The van der Waals surface area contributed by atoms with Crippen LogP contribution in [0.5, 0.6) is 0 Å². The lowest BCUT2D eigenvalue weighted by Crippen LogP contribution is -2.27. The second-order valence-corrected chi connectivity index (χ2v) is 7.86. The Bertz CT molecular complexity index is 1110. The van der Waals surface area contributed by atoms with Gasteiger partial charge in [0.25, 0.3) is 11.7 Å². The highest BCUT2D eigenvalue weighted by Crippen LogP contribution is 2.22. The number of hydrogen-bond donors (Lipinski definition) is 2. The Morgan fingerprint density at radius 3 is 2.69 bits per heavy atom. The number of thioether (sulfide) groups is 1. The summed E-state index contributed by atoms with van der Waals surface area (Å²) in [6.07, 6.45) is 4.06. The third kappa shape index (κ3) is 4.09. The fraction of sp³-hybridized carbons (Fsp3) is 0.350. The molecule has 29 heavy (non-hydrogen) atoms. The quantitative estimate of drug-likeness (QED) is 0.606. The van der Waals surface area contributed by atoms with Gasteiger partial charge in [-0.25, -0.2) is 9.50 Å². The van der Waals surface area contributed by atoms with Crippen LogP contribution >= 0.6 is 11.8 Å². The fourth-order valence-electron chi connectivity index (χ4n) is 3.17. The van der Waals surface area contributed by atoms with E-state index in [0.29, 0.717) is 22.2 Å². The van der Waals surface area contributed by atoms with E-state index >= 15 is 0 Å². The van der Waals surface area contributed by atoms with Crippen molar-refractivity contribution < 1.29 is 9.59 Å². The molecule has 1 aromatic carbocycles. The number of rotatable bonds is 6. The predicted octanol–water partition coefficient (Wildman–Crippen LogP) is 2.54. The van der Waals surface area contributed by atoms with Gasteiger partial charge in [0.05, 0.1) is 17.7 Å². The molecule has 2 heterocycles. The molecule has 9 heteroatoms. The molecule has 3 aromatic rings. The molecular weight excluding hydrogens is 388 g/mol. The van der Waals surface area contributed by atoms with Gasteiger partial charge >= 0.3 is 0 Å². The average molecular weight is 411 g/mol.